The molecule has 0 aromatic rings. The number of urea groups is 1. The number of carbonyl (C=O) groups is 1. The van der Waals surface area contributed by atoms with Crippen LogP contribution in [0.15, 0.2) is 0 Å². The fourth-order valence-corrected chi connectivity index (χ4v) is 1.20. The van der Waals surface area contributed by atoms with E-state index >= 15 is 0 Å². The summed E-state index contributed by atoms with van der Waals surface area (Å²) < 4.78 is 0. The zero-order chi connectivity index (χ0) is 14.7. The van der Waals surface area contributed by atoms with Crippen molar-refractivity contribution in [2.45, 2.75) is 6.42 Å². The van der Waals surface area contributed by atoms with Crippen LogP contribution in [0, 0.1) is 0 Å². The summed E-state index contributed by atoms with van der Waals surface area (Å²) in [6.45, 7) is 1.55. The van der Waals surface area contributed by atoms with E-state index < -0.39 is 6.03 Å². The Morgan fingerprint density at radius 1 is 1.11 bits per heavy atom. The Morgan fingerprint density at radius 3 is 2.21 bits per heavy atom. The highest BCUT2D eigenvalue weighted by molar-refractivity contribution is 5.71. The van der Waals surface area contributed by atoms with Crippen LogP contribution in [-0.2, 0) is 14.5 Å². The maximum Gasteiger partial charge on any atom is 0.400 e. The first-order valence-corrected chi connectivity index (χ1v) is 5.83. The third-order valence-electron chi connectivity index (χ3n) is 2.06. The second-order valence-electron chi connectivity index (χ2n) is 3.31. The number of nitrogens with one attached hydrogen (secondary N) is 1. The zero-order valence-corrected chi connectivity index (χ0v) is 11.7. The van der Waals surface area contributed by atoms with Gasteiger partial charge in [0.1, 0.15) is 0 Å². The molecular formula is C9H24N6O4. The SMILES string of the molecule is CON(NCCCN)C(=O)N(OC)N(CCN)OC. The van der Waals surface area contributed by atoms with Gasteiger partial charge in [0.15, 0.2) is 0 Å². The predicted molar refractivity (Wildman–Crippen MR) is 67.5 cm³/mol. The number of hydrogen-bond acceptors (Lipinski definition) is 8. The molecule has 0 bridgehead atoms. The van der Waals surface area contributed by atoms with Crippen molar-refractivity contribution in [2.24, 2.45) is 11.5 Å². The van der Waals surface area contributed by atoms with Crippen LogP contribution in [0.3, 0.4) is 0 Å². The molecule has 0 radical (unpaired) electrons. The van der Waals surface area contributed by atoms with Crippen molar-refractivity contribution >= 4 is 6.03 Å². The molecule has 0 saturated carbocycles. The van der Waals surface area contributed by atoms with Crippen molar-refractivity contribution < 1.29 is 19.3 Å². The molecule has 0 unspecified atom stereocenters. The molecule has 19 heavy (non-hydrogen) atoms. The van der Waals surface area contributed by atoms with Gasteiger partial charge in [-0.25, -0.2) is 10.2 Å². The van der Waals surface area contributed by atoms with Crippen LogP contribution < -0.4 is 16.9 Å². The molecule has 10 nitrogen and oxygen atoms in total. The molecule has 114 valence electrons. The minimum atomic E-state index is -0.614. The predicted octanol–water partition coefficient (Wildman–Crippen LogP) is -1.58. The van der Waals surface area contributed by atoms with E-state index in [4.69, 9.17) is 26.0 Å². The van der Waals surface area contributed by atoms with Crippen LogP contribution >= 0.6 is 0 Å². The molecule has 0 saturated heterocycles. The second-order valence-corrected chi connectivity index (χ2v) is 3.31. The molecule has 0 rings (SSSR count). The first-order chi connectivity index (χ1) is 9.15. The summed E-state index contributed by atoms with van der Waals surface area (Å²) in [5.41, 5.74) is 13.5. The Morgan fingerprint density at radius 2 is 1.79 bits per heavy atom. The van der Waals surface area contributed by atoms with E-state index in [1.807, 2.05) is 0 Å². The summed E-state index contributed by atoms with van der Waals surface area (Å²) in [7, 11) is 4.07. The molecule has 0 fully saturated rings. The fourth-order valence-electron chi connectivity index (χ4n) is 1.20. The minimum absolute atomic E-state index is 0.274. The number of carbonyl (C=O) groups excluding carboxylic acids is 1. The average Bonchev–Trinajstić information content (AvgIpc) is 2.43. The molecule has 0 aliphatic heterocycles. The largest absolute Gasteiger partial charge is 0.400 e. The van der Waals surface area contributed by atoms with E-state index in [9.17, 15) is 4.79 Å². The molecule has 0 spiro atoms. The lowest BCUT2D eigenvalue weighted by molar-refractivity contribution is -0.366. The Labute approximate surface area is 112 Å². The molecule has 0 aliphatic carbocycles. The first kappa shape index (κ1) is 18.0. The molecule has 5 N–H and O–H groups in total. The van der Waals surface area contributed by atoms with Gasteiger partial charge in [-0.15, -0.1) is 5.17 Å². The van der Waals surface area contributed by atoms with E-state index in [0.29, 0.717) is 19.5 Å². The van der Waals surface area contributed by atoms with Gasteiger partial charge >= 0.3 is 6.03 Å². The number of hydroxylamine groups is 3. The van der Waals surface area contributed by atoms with Crippen LogP contribution in [0.4, 0.5) is 4.79 Å². The third-order valence-corrected chi connectivity index (χ3v) is 2.06. The normalized spacial score (nSPS) is 10.8. The molecule has 0 heterocycles. The Kier molecular flexibility index (Phi) is 10.3. The zero-order valence-electron chi connectivity index (χ0n) is 11.7. The average molecular weight is 280 g/mol. The van der Waals surface area contributed by atoms with Crippen molar-refractivity contribution in [3.8, 4) is 0 Å². The smallest absolute Gasteiger partial charge is 0.330 e. The third kappa shape index (κ3) is 6.11. The standard InChI is InChI=1S/C9H24N6O4/c1-17-13(8-6-11)15(19-3)9(16)14(18-2)12-7-4-5-10/h12H,4-8,10-11H2,1-3H3. The molecule has 0 aromatic carbocycles. The summed E-state index contributed by atoms with van der Waals surface area (Å²) in [4.78, 5) is 27.0. The Balaban J connectivity index is 4.58. The summed E-state index contributed by atoms with van der Waals surface area (Å²) in [6, 6.07) is -0.614. The van der Waals surface area contributed by atoms with Crippen molar-refractivity contribution in [3.63, 3.8) is 0 Å². The second kappa shape index (κ2) is 10.9. The van der Waals surface area contributed by atoms with Crippen molar-refractivity contribution in [1.29, 1.82) is 0 Å². The number of hydrogen-bond donors (Lipinski definition) is 3. The van der Waals surface area contributed by atoms with Gasteiger partial charge in [-0.1, -0.05) is 10.3 Å². The highest BCUT2D eigenvalue weighted by Gasteiger charge is 2.27. The van der Waals surface area contributed by atoms with Gasteiger partial charge < -0.3 is 11.5 Å². The van der Waals surface area contributed by atoms with Gasteiger partial charge in [0.05, 0.1) is 27.9 Å². The summed E-state index contributed by atoms with van der Waals surface area (Å²) in [6.07, 6.45) is 0.691. The number of rotatable bonds is 10. The van der Waals surface area contributed by atoms with E-state index in [1.54, 1.807) is 0 Å². The van der Waals surface area contributed by atoms with Crippen LogP contribution in [0.5, 0.6) is 0 Å². The van der Waals surface area contributed by atoms with E-state index in [2.05, 4.69) is 5.43 Å². The molecule has 0 aliphatic rings. The van der Waals surface area contributed by atoms with E-state index in [0.717, 1.165) is 10.3 Å². The van der Waals surface area contributed by atoms with Crippen LogP contribution in [0.25, 0.3) is 0 Å². The lowest BCUT2D eigenvalue weighted by Crippen LogP contribution is -2.55. The number of nitrogens with zero attached hydrogens (tertiary/aromatic N) is 3. The highest BCUT2D eigenvalue weighted by Crippen LogP contribution is 2.03. The summed E-state index contributed by atoms with van der Waals surface area (Å²) in [5, 5.41) is 2.96. The Bertz CT molecular complexity index is 245. The van der Waals surface area contributed by atoms with Crippen molar-refractivity contribution in [3.05, 3.63) is 0 Å². The topological polar surface area (TPSA) is 119 Å². The molecule has 10 heteroatoms. The van der Waals surface area contributed by atoms with Gasteiger partial charge in [0.25, 0.3) is 0 Å². The van der Waals surface area contributed by atoms with Crippen molar-refractivity contribution in [2.75, 3.05) is 47.5 Å². The first-order valence-electron chi connectivity index (χ1n) is 5.83. The van der Waals surface area contributed by atoms with Gasteiger partial charge in [-0.05, 0) is 13.0 Å². The molecule has 2 amide bonds. The summed E-state index contributed by atoms with van der Waals surface area (Å²) in [5.74, 6) is 0. The van der Waals surface area contributed by atoms with E-state index in [-0.39, 0.29) is 13.1 Å². The molecule has 0 aromatic heterocycles. The number of nitrogens with two attached hydrogens (primary N) is 2. The van der Waals surface area contributed by atoms with Crippen LogP contribution in [0.2, 0.25) is 0 Å². The molecule has 0 atom stereocenters. The lowest BCUT2D eigenvalue weighted by Gasteiger charge is -2.32. The summed E-state index contributed by atoms with van der Waals surface area (Å²) >= 11 is 0. The minimum Gasteiger partial charge on any atom is -0.330 e. The van der Waals surface area contributed by atoms with Gasteiger partial charge in [-0.3, -0.25) is 14.5 Å². The lowest BCUT2D eigenvalue weighted by atomic mass is 10.4. The van der Waals surface area contributed by atoms with Crippen LogP contribution in [0.1, 0.15) is 6.42 Å². The maximum absolute atomic E-state index is 12.1. The van der Waals surface area contributed by atoms with Gasteiger partial charge in [-0.2, -0.15) is 0 Å². The van der Waals surface area contributed by atoms with Gasteiger partial charge in [0, 0.05) is 13.1 Å². The van der Waals surface area contributed by atoms with E-state index in [1.165, 1.54) is 26.5 Å². The van der Waals surface area contributed by atoms with Crippen molar-refractivity contribution in [1.82, 2.24) is 20.9 Å². The quantitative estimate of drug-likeness (QED) is 0.324. The van der Waals surface area contributed by atoms with Crippen LogP contribution in [-0.4, -0.2) is 69.1 Å². The maximum atomic E-state index is 12.1. The fraction of sp³-hybridized carbons (Fsp3) is 0.889. The monoisotopic (exact) mass is 280 g/mol. The number of hydrazine groups is 2. The Hall–Kier alpha value is -1.01. The van der Waals surface area contributed by atoms with Gasteiger partial charge in [0.2, 0.25) is 0 Å². The number of amides is 2. The highest BCUT2D eigenvalue weighted by atomic mass is 16.8. The molecular weight excluding hydrogens is 256 g/mol.